The number of carboxylic acids is 1. The third kappa shape index (κ3) is 3.24. The molecule has 104 valence electrons. The quantitative estimate of drug-likeness (QED) is 0.753. The summed E-state index contributed by atoms with van der Waals surface area (Å²) in [6, 6.07) is 3.84. The van der Waals surface area contributed by atoms with Crippen molar-refractivity contribution in [2.75, 3.05) is 11.9 Å². The Kier molecular flexibility index (Phi) is 3.77. The first-order valence-corrected chi connectivity index (χ1v) is 7.56. The van der Waals surface area contributed by atoms with E-state index in [-0.39, 0.29) is 10.5 Å². The van der Waals surface area contributed by atoms with E-state index in [1.54, 1.807) is 0 Å². The van der Waals surface area contributed by atoms with E-state index in [9.17, 15) is 13.2 Å². The SMILES string of the molecule is NS(=O)(=O)c1ccc(NCC2CCC2)c(C(=O)O)c1. The van der Waals surface area contributed by atoms with Crippen LogP contribution in [0.1, 0.15) is 29.6 Å². The summed E-state index contributed by atoms with van der Waals surface area (Å²) in [5, 5.41) is 17.2. The molecule has 0 heterocycles. The third-order valence-corrected chi connectivity index (χ3v) is 4.27. The maximum Gasteiger partial charge on any atom is 0.337 e. The van der Waals surface area contributed by atoms with E-state index in [4.69, 9.17) is 10.2 Å². The number of aromatic carboxylic acids is 1. The third-order valence-electron chi connectivity index (χ3n) is 3.36. The van der Waals surface area contributed by atoms with Crippen molar-refractivity contribution in [3.8, 4) is 0 Å². The summed E-state index contributed by atoms with van der Waals surface area (Å²) < 4.78 is 22.4. The molecule has 0 saturated heterocycles. The highest BCUT2D eigenvalue weighted by Crippen LogP contribution is 2.27. The molecule has 4 N–H and O–H groups in total. The predicted molar refractivity (Wildman–Crippen MR) is 70.6 cm³/mol. The molecule has 1 saturated carbocycles. The molecule has 1 fully saturated rings. The van der Waals surface area contributed by atoms with Gasteiger partial charge in [-0.2, -0.15) is 0 Å². The van der Waals surface area contributed by atoms with Gasteiger partial charge in [-0.25, -0.2) is 18.4 Å². The van der Waals surface area contributed by atoms with Crippen molar-refractivity contribution in [3.63, 3.8) is 0 Å². The van der Waals surface area contributed by atoms with Gasteiger partial charge in [0.05, 0.1) is 10.5 Å². The number of rotatable bonds is 5. The summed E-state index contributed by atoms with van der Waals surface area (Å²) in [6.45, 7) is 0.703. The molecule has 0 amide bonds. The average molecular weight is 284 g/mol. The first kappa shape index (κ1) is 13.8. The topological polar surface area (TPSA) is 109 Å². The van der Waals surface area contributed by atoms with Gasteiger partial charge in [0, 0.05) is 12.2 Å². The highest BCUT2D eigenvalue weighted by molar-refractivity contribution is 7.89. The van der Waals surface area contributed by atoms with Gasteiger partial charge in [0.2, 0.25) is 10.0 Å². The molecule has 1 aliphatic carbocycles. The summed E-state index contributed by atoms with van der Waals surface area (Å²) in [6.07, 6.45) is 3.50. The summed E-state index contributed by atoms with van der Waals surface area (Å²) in [7, 11) is -3.89. The van der Waals surface area contributed by atoms with E-state index in [0.717, 1.165) is 18.9 Å². The molecule has 1 aliphatic rings. The number of primary sulfonamides is 1. The second-order valence-electron chi connectivity index (χ2n) is 4.74. The monoisotopic (exact) mass is 284 g/mol. The minimum Gasteiger partial charge on any atom is -0.478 e. The zero-order valence-electron chi connectivity index (χ0n) is 10.3. The lowest BCUT2D eigenvalue weighted by Gasteiger charge is -2.26. The Morgan fingerprint density at radius 1 is 1.42 bits per heavy atom. The van der Waals surface area contributed by atoms with Gasteiger partial charge in [-0.15, -0.1) is 0 Å². The van der Waals surface area contributed by atoms with Gasteiger partial charge in [-0.3, -0.25) is 0 Å². The fourth-order valence-electron chi connectivity index (χ4n) is 1.98. The minimum atomic E-state index is -3.89. The van der Waals surface area contributed by atoms with E-state index in [0.29, 0.717) is 18.2 Å². The Hall–Kier alpha value is -1.60. The summed E-state index contributed by atoms with van der Waals surface area (Å²) in [5.41, 5.74) is 0.345. The lowest BCUT2D eigenvalue weighted by atomic mass is 9.85. The van der Waals surface area contributed by atoms with Crippen LogP contribution in [0.2, 0.25) is 0 Å². The van der Waals surface area contributed by atoms with Crippen molar-refractivity contribution in [2.24, 2.45) is 11.1 Å². The number of carbonyl (C=O) groups is 1. The first-order valence-electron chi connectivity index (χ1n) is 6.02. The zero-order valence-corrected chi connectivity index (χ0v) is 11.1. The molecule has 0 aliphatic heterocycles. The van der Waals surface area contributed by atoms with Crippen molar-refractivity contribution >= 4 is 21.7 Å². The van der Waals surface area contributed by atoms with Gasteiger partial charge in [0.25, 0.3) is 0 Å². The first-order chi connectivity index (χ1) is 8.88. The van der Waals surface area contributed by atoms with Crippen LogP contribution in [0, 0.1) is 5.92 Å². The standard InChI is InChI=1S/C12H16N2O4S/c13-19(17,18)9-4-5-11(10(6-9)12(15)16)14-7-8-2-1-3-8/h4-6,8,14H,1-3,7H2,(H,15,16)(H2,13,17,18). The lowest BCUT2D eigenvalue weighted by Crippen LogP contribution is -2.22. The maximum atomic E-state index is 11.2. The second-order valence-corrected chi connectivity index (χ2v) is 6.30. The highest BCUT2D eigenvalue weighted by atomic mass is 32.2. The van der Waals surface area contributed by atoms with Gasteiger partial charge in [0.1, 0.15) is 0 Å². The van der Waals surface area contributed by atoms with Crippen LogP contribution in [0.15, 0.2) is 23.1 Å². The molecule has 7 heteroatoms. The van der Waals surface area contributed by atoms with Crippen LogP contribution < -0.4 is 10.5 Å². The smallest absolute Gasteiger partial charge is 0.337 e. The summed E-state index contributed by atoms with van der Waals surface area (Å²) in [4.78, 5) is 11.0. The Labute approximate surface area is 111 Å². The van der Waals surface area contributed by atoms with Gasteiger partial charge < -0.3 is 10.4 Å². The van der Waals surface area contributed by atoms with Crippen LogP contribution in [0.3, 0.4) is 0 Å². The minimum absolute atomic E-state index is 0.0779. The molecular weight excluding hydrogens is 268 g/mol. The molecule has 6 nitrogen and oxygen atoms in total. The molecule has 0 bridgehead atoms. The molecule has 2 rings (SSSR count). The maximum absolute atomic E-state index is 11.2. The summed E-state index contributed by atoms with van der Waals surface area (Å²) >= 11 is 0. The molecule has 1 aromatic carbocycles. The molecule has 0 spiro atoms. The molecular formula is C12H16N2O4S. The van der Waals surface area contributed by atoms with Crippen LogP contribution in [-0.2, 0) is 10.0 Å². The molecule has 0 aromatic heterocycles. The number of nitrogens with two attached hydrogens (primary N) is 1. The number of hydrogen-bond donors (Lipinski definition) is 3. The van der Waals surface area contributed by atoms with E-state index in [1.165, 1.54) is 18.6 Å². The molecule has 1 aromatic rings. The van der Waals surface area contributed by atoms with Crippen LogP contribution >= 0.6 is 0 Å². The van der Waals surface area contributed by atoms with E-state index in [2.05, 4.69) is 5.32 Å². The van der Waals surface area contributed by atoms with Crippen LogP contribution in [-0.4, -0.2) is 26.0 Å². The largest absolute Gasteiger partial charge is 0.478 e. The number of carboxylic acid groups (broad SMARTS) is 1. The van der Waals surface area contributed by atoms with Gasteiger partial charge >= 0.3 is 5.97 Å². The fourth-order valence-corrected chi connectivity index (χ4v) is 2.52. The Balaban J connectivity index is 2.24. The molecule has 0 unspecified atom stereocenters. The average Bonchev–Trinajstić information content (AvgIpc) is 2.25. The van der Waals surface area contributed by atoms with Crippen LogP contribution in [0.25, 0.3) is 0 Å². The normalized spacial score (nSPS) is 15.8. The highest BCUT2D eigenvalue weighted by Gasteiger charge is 2.19. The van der Waals surface area contributed by atoms with Crippen molar-refractivity contribution in [1.29, 1.82) is 0 Å². The molecule has 0 atom stereocenters. The Morgan fingerprint density at radius 3 is 2.58 bits per heavy atom. The van der Waals surface area contributed by atoms with Gasteiger partial charge in [-0.05, 0) is 37.0 Å². The van der Waals surface area contributed by atoms with Crippen LogP contribution in [0.5, 0.6) is 0 Å². The number of benzene rings is 1. The van der Waals surface area contributed by atoms with Crippen molar-refractivity contribution in [3.05, 3.63) is 23.8 Å². The Morgan fingerprint density at radius 2 is 2.11 bits per heavy atom. The van der Waals surface area contributed by atoms with Crippen LogP contribution in [0.4, 0.5) is 5.69 Å². The van der Waals surface area contributed by atoms with E-state index in [1.807, 2.05) is 0 Å². The number of hydrogen-bond acceptors (Lipinski definition) is 4. The molecule has 19 heavy (non-hydrogen) atoms. The zero-order chi connectivity index (χ0) is 14.0. The fraction of sp³-hybridized carbons (Fsp3) is 0.417. The van der Waals surface area contributed by atoms with Crippen molar-refractivity contribution in [2.45, 2.75) is 24.2 Å². The van der Waals surface area contributed by atoms with Crippen molar-refractivity contribution < 1.29 is 18.3 Å². The second kappa shape index (κ2) is 5.18. The predicted octanol–water partition coefficient (Wildman–Crippen LogP) is 1.24. The lowest BCUT2D eigenvalue weighted by molar-refractivity contribution is 0.0697. The number of nitrogens with one attached hydrogen (secondary N) is 1. The number of anilines is 1. The van der Waals surface area contributed by atoms with Crippen molar-refractivity contribution in [1.82, 2.24) is 0 Å². The van der Waals surface area contributed by atoms with Gasteiger partial charge in [0.15, 0.2) is 0 Å². The number of sulfonamides is 1. The Bertz CT molecular complexity index is 594. The molecule has 0 radical (unpaired) electrons. The summed E-state index contributed by atoms with van der Waals surface area (Å²) in [5.74, 6) is -0.610. The van der Waals surface area contributed by atoms with Gasteiger partial charge in [-0.1, -0.05) is 6.42 Å². The van der Waals surface area contributed by atoms with E-state index < -0.39 is 16.0 Å². The van der Waals surface area contributed by atoms with E-state index >= 15 is 0 Å².